The maximum absolute atomic E-state index is 12.1. The first-order valence-electron chi connectivity index (χ1n) is 8.65. The maximum Gasteiger partial charge on any atom is 0.324 e. The zero-order valence-corrected chi connectivity index (χ0v) is 16.8. The van der Waals surface area contributed by atoms with Crippen LogP contribution in [-0.2, 0) is 0 Å². The summed E-state index contributed by atoms with van der Waals surface area (Å²) in [5.41, 5.74) is 2.50. The third-order valence-corrected chi connectivity index (χ3v) is 5.62. The number of benzene rings is 2. The van der Waals surface area contributed by atoms with Gasteiger partial charge in [0.25, 0.3) is 0 Å². The van der Waals surface area contributed by atoms with Crippen molar-refractivity contribution in [1.29, 1.82) is 0 Å². The van der Waals surface area contributed by atoms with E-state index in [1.54, 1.807) is 22.2 Å². The molecule has 0 aliphatic carbocycles. The molecule has 0 fully saturated rings. The zero-order valence-electron chi connectivity index (χ0n) is 15.2. The second kappa shape index (κ2) is 7.57. The third-order valence-electron chi connectivity index (χ3n) is 4.04. The van der Waals surface area contributed by atoms with Crippen LogP contribution in [0.1, 0.15) is 19.9 Å². The van der Waals surface area contributed by atoms with Crippen LogP contribution in [0, 0.1) is 0 Å². The van der Waals surface area contributed by atoms with E-state index in [4.69, 9.17) is 11.6 Å². The van der Waals surface area contributed by atoms with Gasteiger partial charge >= 0.3 is 6.03 Å². The Kier molecular flexibility index (Phi) is 4.97. The van der Waals surface area contributed by atoms with E-state index < -0.39 is 0 Å². The summed E-state index contributed by atoms with van der Waals surface area (Å²) in [5.74, 6) is 0.397. The molecule has 0 atom stereocenters. The molecule has 0 aliphatic heterocycles. The number of hydrogen-bond donors (Lipinski definition) is 2. The molecule has 28 heavy (non-hydrogen) atoms. The van der Waals surface area contributed by atoms with Gasteiger partial charge in [-0.05, 0) is 50.2 Å². The number of carbonyl (C=O) groups is 1. The third kappa shape index (κ3) is 3.83. The lowest BCUT2D eigenvalue weighted by atomic mass is 10.2. The minimum Gasteiger partial charge on any atom is -0.308 e. The number of carbonyl (C=O) groups excluding carboxylic acids is 1. The van der Waals surface area contributed by atoms with Crippen LogP contribution in [-0.4, -0.2) is 26.0 Å². The fourth-order valence-electron chi connectivity index (χ4n) is 2.60. The van der Waals surface area contributed by atoms with E-state index in [1.807, 2.05) is 56.3 Å². The van der Waals surface area contributed by atoms with Crippen LogP contribution >= 0.6 is 22.9 Å². The smallest absolute Gasteiger partial charge is 0.308 e. The Morgan fingerprint density at radius 3 is 2.61 bits per heavy atom. The summed E-state index contributed by atoms with van der Waals surface area (Å²) >= 11 is 7.77. The lowest BCUT2D eigenvalue weighted by Crippen LogP contribution is -2.19. The molecule has 142 valence electrons. The SMILES string of the molecule is CC(C)n1cc(NC(=O)Nc2ccc(-c3nc4cccc(Cl)c4s3)cc2)nn1. The highest BCUT2D eigenvalue weighted by Gasteiger charge is 2.10. The minimum absolute atomic E-state index is 0.177. The number of fused-ring (bicyclic) bond motifs is 1. The number of urea groups is 1. The minimum atomic E-state index is -0.379. The normalized spacial score (nSPS) is 11.1. The quantitative estimate of drug-likeness (QED) is 0.467. The van der Waals surface area contributed by atoms with Gasteiger partial charge in [-0.15, -0.1) is 16.4 Å². The molecule has 2 N–H and O–H groups in total. The van der Waals surface area contributed by atoms with Crippen molar-refractivity contribution in [2.24, 2.45) is 0 Å². The largest absolute Gasteiger partial charge is 0.324 e. The molecule has 2 aromatic carbocycles. The van der Waals surface area contributed by atoms with Gasteiger partial charge in [0.1, 0.15) is 5.01 Å². The van der Waals surface area contributed by atoms with Crippen molar-refractivity contribution in [2.75, 3.05) is 10.6 Å². The molecule has 2 heterocycles. The number of halogens is 1. The summed E-state index contributed by atoms with van der Waals surface area (Å²) in [7, 11) is 0. The van der Waals surface area contributed by atoms with Crippen LogP contribution in [0.4, 0.5) is 16.3 Å². The molecule has 0 saturated heterocycles. The summed E-state index contributed by atoms with van der Waals surface area (Å²) in [6, 6.07) is 13.0. The van der Waals surface area contributed by atoms with Gasteiger partial charge in [-0.3, -0.25) is 5.32 Å². The number of anilines is 2. The Morgan fingerprint density at radius 2 is 1.93 bits per heavy atom. The van der Waals surface area contributed by atoms with Gasteiger partial charge in [-0.25, -0.2) is 14.5 Å². The summed E-state index contributed by atoms with van der Waals surface area (Å²) in [5, 5.41) is 14.9. The number of rotatable bonds is 4. The summed E-state index contributed by atoms with van der Waals surface area (Å²) in [6.07, 6.45) is 1.69. The maximum atomic E-state index is 12.1. The first kappa shape index (κ1) is 18.4. The highest BCUT2D eigenvalue weighted by Crippen LogP contribution is 2.34. The highest BCUT2D eigenvalue weighted by atomic mass is 35.5. The predicted molar refractivity (Wildman–Crippen MR) is 113 cm³/mol. The standard InChI is InChI=1S/C19H17ClN6OS/c1-11(2)26-10-16(24-25-26)23-19(27)21-13-8-6-12(7-9-13)18-22-15-5-3-4-14(20)17(15)28-18/h3-11H,1-2H3,(H2,21,23,27). The van der Waals surface area contributed by atoms with Crippen molar-refractivity contribution in [3.8, 4) is 10.6 Å². The van der Waals surface area contributed by atoms with Crippen molar-refractivity contribution >= 4 is 50.7 Å². The van der Waals surface area contributed by atoms with Crippen LogP contribution in [0.5, 0.6) is 0 Å². The van der Waals surface area contributed by atoms with Crippen LogP contribution in [0.15, 0.2) is 48.7 Å². The molecule has 9 heteroatoms. The Labute approximate surface area is 170 Å². The van der Waals surface area contributed by atoms with Crippen molar-refractivity contribution < 1.29 is 4.79 Å². The number of nitrogens with zero attached hydrogens (tertiary/aromatic N) is 4. The lowest BCUT2D eigenvalue weighted by Gasteiger charge is -2.06. The second-order valence-corrected chi connectivity index (χ2v) is 7.85. The van der Waals surface area contributed by atoms with Crippen LogP contribution in [0.2, 0.25) is 5.02 Å². The van der Waals surface area contributed by atoms with E-state index in [0.717, 1.165) is 20.8 Å². The fourth-order valence-corrected chi connectivity index (χ4v) is 3.86. The van der Waals surface area contributed by atoms with Crippen molar-refractivity contribution in [1.82, 2.24) is 20.0 Å². The number of nitrogens with one attached hydrogen (secondary N) is 2. The second-order valence-electron chi connectivity index (χ2n) is 6.44. The van der Waals surface area contributed by atoms with E-state index in [-0.39, 0.29) is 12.1 Å². The Hall–Kier alpha value is -2.97. The van der Waals surface area contributed by atoms with Crippen molar-refractivity contribution in [3.05, 3.63) is 53.7 Å². The first-order chi connectivity index (χ1) is 13.5. The van der Waals surface area contributed by atoms with Crippen molar-refractivity contribution in [3.63, 3.8) is 0 Å². The lowest BCUT2D eigenvalue weighted by molar-refractivity contribution is 0.262. The predicted octanol–water partition coefficient (Wildman–Crippen LogP) is 5.43. The number of thiazole rings is 1. The highest BCUT2D eigenvalue weighted by molar-refractivity contribution is 7.22. The Morgan fingerprint density at radius 1 is 1.14 bits per heavy atom. The van der Waals surface area contributed by atoms with Gasteiger partial charge in [0.05, 0.1) is 21.4 Å². The van der Waals surface area contributed by atoms with Crippen LogP contribution in [0.3, 0.4) is 0 Å². The van der Waals surface area contributed by atoms with Crippen LogP contribution < -0.4 is 10.6 Å². The van der Waals surface area contributed by atoms with Gasteiger partial charge < -0.3 is 5.32 Å². The average Bonchev–Trinajstić information content (AvgIpc) is 3.30. The van der Waals surface area contributed by atoms with Gasteiger partial charge in [0.2, 0.25) is 0 Å². The van der Waals surface area contributed by atoms with E-state index in [0.29, 0.717) is 16.5 Å². The van der Waals surface area contributed by atoms with E-state index in [9.17, 15) is 4.79 Å². The molecule has 4 rings (SSSR count). The van der Waals surface area contributed by atoms with Gasteiger partial charge in [0, 0.05) is 17.3 Å². The molecule has 2 aromatic heterocycles. The molecule has 0 spiro atoms. The zero-order chi connectivity index (χ0) is 19.7. The molecule has 0 aliphatic rings. The van der Waals surface area contributed by atoms with E-state index >= 15 is 0 Å². The molecular formula is C19H17ClN6OS. The Balaban J connectivity index is 1.45. The number of hydrogen-bond acceptors (Lipinski definition) is 5. The fraction of sp³-hybridized carbons (Fsp3) is 0.158. The van der Waals surface area contributed by atoms with Gasteiger partial charge in [-0.2, -0.15) is 0 Å². The summed E-state index contributed by atoms with van der Waals surface area (Å²) in [4.78, 5) is 16.8. The Bertz CT molecular complexity index is 1140. The molecule has 0 unspecified atom stereocenters. The number of amides is 2. The average molecular weight is 413 g/mol. The van der Waals surface area contributed by atoms with Crippen molar-refractivity contribution in [2.45, 2.75) is 19.9 Å². The van der Waals surface area contributed by atoms with E-state index in [2.05, 4.69) is 25.9 Å². The molecule has 4 aromatic rings. The molecular weight excluding hydrogens is 396 g/mol. The molecule has 0 saturated carbocycles. The van der Waals surface area contributed by atoms with Gasteiger partial charge in [-0.1, -0.05) is 22.9 Å². The summed E-state index contributed by atoms with van der Waals surface area (Å²) in [6.45, 7) is 3.97. The van der Waals surface area contributed by atoms with Crippen LogP contribution in [0.25, 0.3) is 20.8 Å². The monoisotopic (exact) mass is 412 g/mol. The molecule has 0 bridgehead atoms. The summed E-state index contributed by atoms with van der Waals surface area (Å²) < 4.78 is 2.64. The van der Waals surface area contributed by atoms with E-state index in [1.165, 1.54) is 0 Å². The first-order valence-corrected chi connectivity index (χ1v) is 9.84. The molecule has 0 radical (unpaired) electrons. The van der Waals surface area contributed by atoms with Gasteiger partial charge in [0.15, 0.2) is 5.82 Å². The molecule has 7 nitrogen and oxygen atoms in total. The molecule has 2 amide bonds. The topological polar surface area (TPSA) is 84.7 Å². The number of aromatic nitrogens is 4.